The highest BCUT2D eigenvalue weighted by molar-refractivity contribution is 7.92. The summed E-state index contributed by atoms with van der Waals surface area (Å²) in [5.74, 6) is -0.957. The summed E-state index contributed by atoms with van der Waals surface area (Å²) in [5, 5.41) is 3.72. The van der Waals surface area contributed by atoms with E-state index in [0.29, 0.717) is 38.3 Å². The van der Waals surface area contributed by atoms with Gasteiger partial charge in [0, 0.05) is 28.7 Å². The van der Waals surface area contributed by atoms with Gasteiger partial charge in [-0.25, -0.2) is 8.42 Å². The molecule has 0 aliphatic heterocycles. The molecular weight excluding hydrogens is 569 g/mol. The lowest BCUT2D eigenvalue weighted by Gasteiger charge is -2.33. The second-order valence-electron chi connectivity index (χ2n) is 8.55. The highest BCUT2D eigenvalue weighted by atomic mass is 35.5. The number of hydrogen-bond donors (Lipinski definition) is 1. The summed E-state index contributed by atoms with van der Waals surface area (Å²) in [6, 6.07) is 16.6. The first kappa shape index (κ1) is 29.8. The number of aryl methyl sites for hydroxylation is 1. The zero-order valence-electron chi connectivity index (χ0n) is 21.1. The average Bonchev–Trinajstić information content (AvgIpc) is 2.88. The van der Waals surface area contributed by atoms with Crippen LogP contribution in [-0.2, 0) is 26.2 Å². The van der Waals surface area contributed by atoms with Gasteiger partial charge in [0.15, 0.2) is 0 Å². The molecule has 38 heavy (non-hydrogen) atoms. The minimum Gasteiger partial charge on any atom is -0.357 e. The molecule has 202 valence electrons. The minimum absolute atomic E-state index is 0.0244. The third-order valence-corrected chi connectivity index (χ3v) is 8.67. The number of sulfonamides is 1. The zero-order chi connectivity index (χ0) is 28.0. The Morgan fingerprint density at radius 2 is 1.58 bits per heavy atom. The first-order chi connectivity index (χ1) is 18.0. The molecule has 0 fully saturated rings. The quantitative estimate of drug-likeness (QED) is 0.325. The molecule has 0 aromatic heterocycles. The van der Waals surface area contributed by atoms with Crippen LogP contribution in [0.25, 0.3) is 0 Å². The molecule has 1 atom stereocenters. The van der Waals surface area contributed by atoms with Crippen molar-refractivity contribution in [3.8, 4) is 0 Å². The second-order valence-corrected chi connectivity index (χ2v) is 11.7. The molecule has 0 spiro atoms. The predicted molar refractivity (Wildman–Crippen MR) is 152 cm³/mol. The molecule has 0 unspecified atom stereocenters. The summed E-state index contributed by atoms with van der Waals surface area (Å²) in [4.78, 5) is 28.0. The van der Waals surface area contributed by atoms with Crippen molar-refractivity contribution in [1.29, 1.82) is 0 Å². The van der Waals surface area contributed by atoms with Gasteiger partial charge in [0.1, 0.15) is 12.6 Å². The molecule has 0 radical (unpaired) electrons. The van der Waals surface area contributed by atoms with Crippen LogP contribution in [0.15, 0.2) is 71.6 Å². The Balaban J connectivity index is 2.09. The van der Waals surface area contributed by atoms with Crippen LogP contribution in [0.4, 0.5) is 5.69 Å². The molecule has 0 heterocycles. The van der Waals surface area contributed by atoms with Gasteiger partial charge in [0.25, 0.3) is 10.0 Å². The van der Waals surface area contributed by atoms with Crippen LogP contribution in [0.2, 0.25) is 15.1 Å². The van der Waals surface area contributed by atoms with Crippen molar-refractivity contribution in [3.63, 3.8) is 0 Å². The number of amides is 2. The number of carbonyl (C=O) groups excluding carboxylic acids is 2. The molecular formula is C27H28Cl3N3O4S. The van der Waals surface area contributed by atoms with E-state index in [0.717, 1.165) is 4.31 Å². The molecule has 0 bridgehead atoms. The molecule has 3 aromatic carbocycles. The molecule has 0 saturated carbocycles. The fraction of sp³-hybridized carbons (Fsp3) is 0.259. The summed E-state index contributed by atoms with van der Waals surface area (Å²) in [5.41, 5.74) is 1.56. The van der Waals surface area contributed by atoms with Gasteiger partial charge in [-0.05, 0) is 66.9 Å². The van der Waals surface area contributed by atoms with Gasteiger partial charge >= 0.3 is 0 Å². The third kappa shape index (κ3) is 6.80. The number of para-hydroxylation sites is 1. The van der Waals surface area contributed by atoms with Gasteiger partial charge in [0.2, 0.25) is 11.8 Å². The number of carbonyl (C=O) groups is 2. The Morgan fingerprint density at radius 3 is 2.16 bits per heavy atom. The van der Waals surface area contributed by atoms with E-state index in [-0.39, 0.29) is 17.3 Å². The Labute approximate surface area is 238 Å². The van der Waals surface area contributed by atoms with Gasteiger partial charge < -0.3 is 10.2 Å². The van der Waals surface area contributed by atoms with Gasteiger partial charge in [0.05, 0.1) is 10.6 Å². The van der Waals surface area contributed by atoms with E-state index in [9.17, 15) is 18.0 Å². The van der Waals surface area contributed by atoms with Crippen molar-refractivity contribution in [2.75, 3.05) is 17.9 Å². The number of rotatable bonds is 10. The highest BCUT2D eigenvalue weighted by Gasteiger charge is 2.34. The van der Waals surface area contributed by atoms with Crippen molar-refractivity contribution in [2.45, 2.75) is 37.8 Å². The minimum atomic E-state index is -4.18. The molecule has 3 rings (SSSR count). The van der Waals surface area contributed by atoms with E-state index >= 15 is 0 Å². The van der Waals surface area contributed by atoms with Gasteiger partial charge in [-0.1, -0.05) is 66.0 Å². The number of benzene rings is 3. The van der Waals surface area contributed by atoms with Crippen LogP contribution < -0.4 is 9.62 Å². The van der Waals surface area contributed by atoms with Gasteiger partial charge in [-0.15, -0.1) is 0 Å². The van der Waals surface area contributed by atoms with Gasteiger partial charge in [-0.3, -0.25) is 13.9 Å². The SMILES string of the molecule is CC[C@H](C(=O)NC)N(Cc1ccc(Cl)cc1Cl)C(=O)CN(c1ccccc1C)S(=O)(=O)c1ccc(Cl)cc1. The molecule has 0 aliphatic carbocycles. The molecule has 1 N–H and O–H groups in total. The van der Waals surface area contributed by atoms with Crippen molar-refractivity contribution in [1.82, 2.24) is 10.2 Å². The van der Waals surface area contributed by atoms with E-state index < -0.39 is 28.5 Å². The average molecular weight is 597 g/mol. The Morgan fingerprint density at radius 1 is 0.947 bits per heavy atom. The second kappa shape index (κ2) is 12.8. The molecule has 7 nitrogen and oxygen atoms in total. The lowest BCUT2D eigenvalue weighted by molar-refractivity contribution is -0.140. The highest BCUT2D eigenvalue weighted by Crippen LogP contribution is 2.29. The van der Waals surface area contributed by atoms with E-state index in [2.05, 4.69) is 5.32 Å². The summed E-state index contributed by atoms with van der Waals surface area (Å²) in [6.45, 7) is 2.96. The van der Waals surface area contributed by atoms with Crippen molar-refractivity contribution in [2.24, 2.45) is 0 Å². The normalized spacial score (nSPS) is 12.1. The molecule has 0 saturated heterocycles. The van der Waals surface area contributed by atoms with Crippen molar-refractivity contribution < 1.29 is 18.0 Å². The predicted octanol–water partition coefficient (Wildman–Crippen LogP) is 5.70. The van der Waals surface area contributed by atoms with Crippen LogP contribution >= 0.6 is 34.8 Å². The summed E-state index contributed by atoms with van der Waals surface area (Å²) < 4.78 is 28.7. The summed E-state index contributed by atoms with van der Waals surface area (Å²) >= 11 is 18.4. The number of halogens is 3. The lowest BCUT2D eigenvalue weighted by Crippen LogP contribution is -2.51. The van der Waals surface area contributed by atoms with Crippen LogP contribution in [0.1, 0.15) is 24.5 Å². The monoisotopic (exact) mass is 595 g/mol. The summed E-state index contributed by atoms with van der Waals surface area (Å²) in [7, 11) is -2.70. The lowest BCUT2D eigenvalue weighted by atomic mass is 10.1. The number of nitrogens with one attached hydrogen (secondary N) is 1. The van der Waals surface area contributed by atoms with E-state index in [1.165, 1.54) is 36.2 Å². The Kier molecular flexibility index (Phi) is 10.1. The maximum absolute atomic E-state index is 13.9. The van der Waals surface area contributed by atoms with Crippen LogP contribution in [0, 0.1) is 6.92 Å². The van der Waals surface area contributed by atoms with E-state index in [1.54, 1.807) is 56.3 Å². The maximum atomic E-state index is 13.9. The fourth-order valence-electron chi connectivity index (χ4n) is 4.01. The largest absolute Gasteiger partial charge is 0.357 e. The van der Waals surface area contributed by atoms with Crippen molar-refractivity contribution in [3.05, 3.63) is 92.9 Å². The third-order valence-electron chi connectivity index (χ3n) is 6.05. The topological polar surface area (TPSA) is 86.8 Å². The molecule has 3 aromatic rings. The standard InChI is InChI=1S/C27H28Cl3N3O4S/c1-4-24(27(35)31-3)32(16-19-9-10-21(29)15-23(19)30)26(34)17-33(25-8-6-5-7-18(25)2)38(36,37)22-13-11-20(28)12-14-22/h5-15,24H,4,16-17H2,1-3H3,(H,31,35)/t24-/m1/s1. The fourth-order valence-corrected chi connectivity index (χ4v) is 6.08. The van der Waals surface area contributed by atoms with Crippen LogP contribution in [-0.4, -0.2) is 44.8 Å². The number of anilines is 1. The maximum Gasteiger partial charge on any atom is 0.264 e. The van der Waals surface area contributed by atoms with Crippen LogP contribution in [0.5, 0.6) is 0 Å². The van der Waals surface area contributed by atoms with Crippen molar-refractivity contribution >= 4 is 62.3 Å². The first-order valence-electron chi connectivity index (χ1n) is 11.8. The van der Waals surface area contributed by atoms with E-state index in [4.69, 9.17) is 34.8 Å². The van der Waals surface area contributed by atoms with Crippen LogP contribution in [0.3, 0.4) is 0 Å². The molecule has 2 amide bonds. The Bertz CT molecular complexity index is 1420. The number of nitrogens with zero attached hydrogens (tertiary/aromatic N) is 2. The van der Waals surface area contributed by atoms with Gasteiger partial charge in [-0.2, -0.15) is 0 Å². The Hall–Kier alpha value is -2.78. The molecule has 0 aliphatic rings. The number of hydrogen-bond acceptors (Lipinski definition) is 4. The summed E-state index contributed by atoms with van der Waals surface area (Å²) in [6.07, 6.45) is 0.297. The smallest absolute Gasteiger partial charge is 0.264 e. The molecule has 11 heteroatoms. The zero-order valence-corrected chi connectivity index (χ0v) is 24.2. The van der Waals surface area contributed by atoms with E-state index in [1.807, 2.05) is 0 Å². The number of likely N-dealkylation sites (N-methyl/N-ethyl adjacent to an activating group) is 1. The first-order valence-corrected chi connectivity index (χ1v) is 14.4.